The number of hydrogen-bond donors (Lipinski definition) is 1. The predicted octanol–water partition coefficient (Wildman–Crippen LogP) is 5.84. The number of carbonyl (C=O) groups excluding carboxylic acids is 1. The van der Waals surface area contributed by atoms with E-state index in [0.717, 1.165) is 11.1 Å². The number of benzene rings is 2. The third kappa shape index (κ3) is 4.03. The van der Waals surface area contributed by atoms with Crippen molar-refractivity contribution in [1.82, 2.24) is 5.32 Å². The lowest BCUT2D eigenvalue weighted by atomic mass is 9.72. The molecule has 0 radical (unpaired) electrons. The van der Waals surface area contributed by atoms with Crippen LogP contribution in [-0.2, 0) is 4.79 Å². The fourth-order valence-electron chi connectivity index (χ4n) is 3.41. The number of allylic oxidation sites excluding steroid dienone is 1. The Kier molecular flexibility index (Phi) is 5.73. The molecule has 2 aromatic rings. The van der Waals surface area contributed by atoms with Gasteiger partial charge in [-0.15, -0.1) is 0 Å². The summed E-state index contributed by atoms with van der Waals surface area (Å²) >= 11 is 18.5. The number of halogens is 3. The van der Waals surface area contributed by atoms with Gasteiger partial charge >= 0.3 is 0 Å². The van der Waals surface area contributed by atoms with Gasteiger partial charge in [0.1, 0.15) is 0 Å². The Hall–Kier alpha value is -1.48. The lowest BCUT2D eigenvalue weighted by Gasteiger charge is -2.32. The van der Waals surface area contributed by atoms with E-state index in [0.29, 0.717) is 21.5 Å². The van der Waals surface area contributed by atoms with Crippen LogP contribution in [0.1, 0.15) is 29.4 Å². The lowest BCUT2D eigenvalue weighted by molar-refractivity contribution is -0.123. The minimum atomic E-state index is -0.159. The normalized spacial score (nSPS) is 22.6. The van der Waals surface area contributed by atoms with E-state index in [4.69, 9.17) is 34.8 Å². The van der Waals surface area contributed by atoms with Crippen molar-refractivity contribution in [1.29, 1.82) is 0 Å². The van der Waals surface area contributed by atoms with Crippen molar-refractivity contribution < 1.29 is 4.79 Å². The third-order valence-electron chi connectivity index (χ3n) is 4.70. The van der Waals surface area contributed by atoms with Gasteiger partial charge in [0.15, 0.2) is 0 Å². The van der Waals surface area contributed by atoms with Crippen molar-refractivity contribution in [3.63, 3.8) is 0 Å². The van der Waals surface area contributed by atoms with E-state index >= 15 is 0 Å². The topological polar surface area (TPSA) is 29.1 Å². The first kappa shape index (κ1) is 18.3. The van der Waals surface area contributed by atoms with Gasteiger partial charge in [0, 0.05) is 28.0 Å². The fourth-order valence-corrected chi connectivity index (χ4v) is 4.07. The van der Waals surface area contributed by atoms with Crippen LogP contribution >= 0.6 is 34.8 Å². The highest BCUT2D eigenvalue weighted by atomic mass is 35.5. The maximum Gasteiger partial charge on any atom is 0.226 e. The van der Waals surface area contributed by atoms with Crippen molar-refractivity contribution in [2.24, 2.45) is 5.92 Å². The van der Waals surface area contributed by atoms with E-state index in [9.17, 15) is 4.79 Å². The molecule has 1 aliphatic rings. The molecule has 1 unspecified atom stereocenters. The van der Waals surface area contributed by atoms with E-state index in [2.05, 4.69) is 11.4 Å². The number of carbonyl (C=O) groups is 1. The van der Waals surface area contributed by atoms with Gasteiger partial charge in [0.2, 0.25) is 5.91 Å². The molecule has 0 saturated heterocycles. The van der Waals surface area contributed by atoms with Crippen molar-refractivity contribution >= 4 is 40.7 Å². The van der Waals surface area contributed by atoms with Crippen molar-refractivity contribution in [2.75, 3.05) is 7.05 Å². The average molecular weight is 395 g/mol. The molecule has 2 aromatic carbocycles. The summed E-state index contributed by atoms with van der Waals surface area (Å²) in [7, 11) is 1.66. The summed E-state index contributed by atoms with van der Waals surface area (Å²) in [6.45, 7) is 0. The Balaban J connectivity index is 2.03. The van der Waals surface area contributed by atoms with E-state index in [1.807, 2.05) is 42.5 Å². The van der Waals surface area contributed by atoms with Gasteiger partial charge < -0.3 is 5.32 Å². The molecule has 5 heteroatoms. The van der Waals surface area contributed by atoms with Crippen LogP contribution in [0.25, 0.3) is 0 Å². The Labute approximate surface area is 162 Å². The van der Waals surface area contributed by atoms with Crippen LogP contribution in [0.3, 0.4) is 0 Å². The predicted molar refractivity (Wildman–Crippen MR) is 105 cm³/mol. The first-order valence-electron chi connectivity index (χ1n) is 8.10. The zero-order valence-electron chi connectivity index (χ0n) is 13.7. The molecular formula is C20H18Cl3NO. The van der Waals surface area contributed by atoms with Crippen LogP contribution in [0, 0.1) is 5.92 Å². The molecule has 130 valence electrons. The summed E-state index contributed by atoms with van der Waals surface area (Å²) in [5.74, 6) is 0.0685. The Morgan fingerprint density at radius 2 is 1.68 bits per heavy atom. The van der Waals surface area contributed by atoms with Crippen LogP contribution < -0.4 is 5.32 Å². The Bertz CT molecular complexity index is 801. The molecule has 1 aliphatic carbocycles. The Morgan fingerprint density at radius 1 is 1.00 bits per heavy atom. The molecule has 2 nitrogen and oxygen atoms in total. The lowest BCUT2D eigenvalue weighted by Crippen LogP contribution is -2.30. The number of hydrogen-bond acceptors (Lipinski definition) is 1. The van der Waals surface area contributed by atoms with Crippen molar-refractivity contribution in [2.45, 2.75) is 18.3 Å². The third-order valence-corrected chi connectivity index (χ3v) is 5.51. The quantitative estimate of drug-likeness (QED) is 0.651. The highest BCUT2D eigenvalue weighted by molar-refractivity contribution is 6.35. The van der Waals surface area contributed by atoms with E-state index < -0.39 is 0 Å². The average Bonchev–Trinajstić information content (AvgIpc) is 2.61. The summed E-state index contributed by atoms with van der Waals surface area (Å²) in [4.78, 5) is 12.1. The first-order chi connectivity index (χ1) is 12.0. The SMILES string of the molecule is CNC(=O)[C@@H]1C=C[C@@H](c2ccc(Cl)cc2Cl)C(c2ccc(Cl)cc2)C1. The second kappa shape index (κ2) is 7.82. The number of rotatable bonds is 3. The van der Waals surface area contributed by atoms with E-state index in [1.54, 1.807) is 13.1 Å². The fraction of sp³-hybridized carbons (Fsp3) is 0.250. The van der Waals surface area contributed by atoms with Gasteiger partial charge in [0.05, 0.1) is 5.92 Å². The van der Waals surface area contributed by atoms with Gasteiger partial charge in [-0.3, -0.25) is 4.79 Å². The minimum Gasteiger partial charge on any atom is -0.359 e. The van der Waals surface area contributed by atoms with Gasteiger partial charge in [-0.25, -0.2) is 0 Å². The van der Waals surface area contributed by atoms with E-state index in [1.165, 1.54) is 0 Å². The molecule has 1 N–H and O–H groups in total. The number of amides is 1. The summed E-state index contributed by atoms with van der Waals surface area (Å²) in [6, 6.07) is 13.4. The highest BCUT2D eigenvalue weighted by Gasteiger charge is 2.32. The molecule has 0 aliphatic heterocycles. The van der Waals surface area contributed by atoms with Crippen LogP contribution in [0.2, 0.25) is 15.1 Å². The molecule has 3 atom stereocenters. The first-order valence-corrected chi connectivity index (χ1v) is 9.23. The van der Waals surface area contributed by atoms with Crippen LogP contribution in [0.5, 0.6) is 0 Å². The summed E-state index contributed by atoms with van der Waals surface area (Å²) in [6.07, 6.45) is 4.76. The number of nitrogens with one attached hydrogen (secondary N) is 1. The van der Waals surface area contributed by atoms with Gasteiger partial charge in [-0.1, -0.05) is 65.2 Å². The zero-order valence-corrected chi connectivity index (χ0v) is 15.9. The van der Waals surface area contributed by atoms with Crippen LogP contribution in [0.15, 0.2) is 54.6 Å². The second-order valence-corrected chi connectivity index (χ2v) is 7.47. The van der Waals surface area contributed by atoms with Crippen molar-refractivity contribution in [3.05, 3.63) is 80.8 Å². The van der Waals surface area contributed by atoms with Crippen molar-refractivity contribution in [3.8, 4) is 0 Å². The van der Waals surface area contributed by atoms with Crippen LogP contribution in [0.4, 0.5) is 0 Å². The molecule has 0 heterocycles. The molecule has 25 heavy (non-hydrogen) atoms. The smallest absolute Gasteiger partial charge is 0.226 e. The Morgan fingerprint density at radius 3 is 2.32 bits per heavy atom. The monoisotopic (exact) mass is 393 g/mol. The standard InChI is InChI=1S/C20H18Cl3NO/c1-24-20(25)13-4-8-16(17-9-7-15(22)11-19(17)23)18(10-13)12-2-5-14(21)6-3-12/h2-9,11,13,16,18H,10H2,1H3,(H,24,25)/t13-,16+,18?/m1/s1. The molecule has 0 spiro atoms. The second-order valence-electron chi connectivity index (χ2n) is 6.19. The molecule has 0 saturated carbocycles. The molecule has 0 aromatic heterocycles. The molecule has 0 bridgehead atoms. The maximum atomic E-state index is 12.1. The molecular weight excluding hydrogens is 377 g/mol. The molecule has 3 rings (SSSR count). The largest absolute Gasteiger partial charge is 0.359 e. The molecule has 1 amide bonds. The highest BCUT2D eigenvalue weighted by Crippen LogP contribution is 2.45. The van der Waals surface area contributed by atoms with Gasteiger partial charge in [-0.05, 0) is 47.7 Å². The molecule has 0 fully saturated rings. The van der Waals surface area contributed by atoms with Gasteiger partial charge in [0.25, 0.3) is 0 Å². The van der Waals surface area contributed by atoms with Crippen LogP contribution in [-0.4, -0.2) is 13.0 Å². The summed E-state index contributed by atoms with van der Waals surface area (Å²) in [5.41, 5.74) is 2.15. The summed E-state index contributed by atoms with van der Waals surface area (Å²) in [5, 5.41) is 4.68. The zero-order chi connectivity index (χ0) is 18.0. The minimum absolute atomic E-state index is 0.0240. The van der Waals surface area contributed by atoms with E-state index in [-0.39, 0.29) is 23.7 Å². The summed E-state index contributed by atoms with van der Waals surface area (Å²) < 4.78 is 0. The van der Waals surface area contributed by atoms with Gasteiger partial charge in [-0.2, -0.15) is 0 Å². The maximum absolute atomic E-state index is 12.1.